The van der Waals surface area contributed by atoms with Crippen LogP contribution in [0.5, 0.6) is 5.75 Å². The summed E-state index contributed by atoms with van der Waals surface area (Å²) in [5.41, 5.74) is 1.69. The third-order valence-corrected chi connectivity index (χ3v) is 2.60. The Morgan fingerprint density at radius 1 is 1.19 bits per heavy atom. The van der Waals surface area contributed by atoms with E-state index in [-0.39, 0.29) is 5.97 Å². The maximum absolute atomic E-state index is 11.0. The Kier molecular flexibility index (Phi) is 6.81. The van der Waals surface area contributed by atoms with Gasteiger partial charge in [0.25, 0.3) is 0 Å². The van der Waals surface area contributed by atoms with E-state index < -0.39 is 0 Å². The summed E-state index contributed by atoms with van der Waals surface area (Å²) in [5.74, 6) is 0.918. The molecule has 1 rings (SSSR count). The van der Waals surface area contributed by atoms with Crippen molar-refractivity contribution < 1.29 is 19.0 Å². The Balaban J connectivity index is 2.38. The first-order chi connectivity index (χ1) is 10.0. The summed E-state index contributed by atoms with van der Waals surface area (Å²) >= 11 is 0. The van der Waals surface area contributed by atoms with Gasteiger partial charge in [0.2, 0.25) is 0 Å². The second-order valence-electron chi connectivity index (χ2n) is 4.33. The van der Waals surface area contributed by atoms with Crippen LogP contribution >= 0.6 is 0 Å². The van der Waals surface area contributed by atoms with E-state index in [1.807, 2.05) is 31.2 Å². The van der Waals surface area contributed by atoms with Crippen LogP contribution in [0, 0.1) is 0 Å². The number of hydrogen-bond acceptors (Lipinski definition) is 4. The average Bonchev–Trinajstić information content (AvgIpc) is 2.49. The van der Waals surface area contributed by atoms with Crippen LogP contribution in [0.25, 0.3) is 6.08 Å². The van der Waals surface area contributed by atoms with Gasteiger partial charge in [0.1, 0.15) is 24.7 Å². The van der Waals surface area contributed by atoms with Crippen LogP contribution in [-0.4, -0.2) is 26.3 Å². The highest BCUT2D eigenvalue weighted by Gasteiger charge is 1.98. The molecule has 4 nitrogen and oxygen atoms in total. The predicted molar refractivity (Wildman–Crippen MR) is 82.9 cm³/mol. The number of esters is 1. The number of rotatable bonds is 8. The number of methoxy groups -OCH3 is 1. The van der Waals surface area contributed by atoms with E-state index in [1.54, 1.807) is 6.08 Å². The molecule has 0 aliphatic rings. The van der Waals surface area contributed by atoms with Gasteiger partial charge >= 0.3 is 5.97 Å². The van der Waals surface area contributed by atoms with Crippen LogP contribution in [0.2, 0.25) is 0 Å². The molecule has 0 atom stereocenters. The van der Waals surface area contributed by atoms with Gasteiger partial charge in [0.05, 0.1) is 7.11 Å². The Morgan fingerprint density at radius 2 is 1.86 bits per heavy atom. The first kappa shape index (κ1) is 16.6. The summed E-state index contributed by atoms with van der Waals surface area (Å²) in [6.07, 6.45) is 3.04. The van der Waals surface area contributed by atoms with Gasteiger partial charge in [-0.25, -0.2) is 4.79 Å². The molecule has 1 aromatic rings. The summed E-state index contributed by atoms with van der Waals surface area (Å²) in [4.78, 5) is 11.0. The topological polar surface area (TPSA) is 44.8 Å². The molecular formula is C17H20O4. The first-order valence-electron chi connectivity index (χ1n) is 6.49. The van der Waals surface area contributed by atoms with E-state index in [2.05, 4.69) is 17.9 Å². The van der Waals surface area contributed by atoms with Crippen molar-refractivity contribution in [2.24, 2.45) is 0 Å². The second-order valence-corrected chi connectivity index (χ2v) is 4.33. The van der Waals surface area contributed by atoms with Crippen LogP contribution in [-0.2, 0) is 14.3 Å². The van der Waals surface area contributed by atoms with Crippen molar-refractivity contribution >= 4 is 12.0 Å². The van der Waals surface area contributed by atoms with E-state index in [4.69, 9.17) is 9.47 Å². The van der Waals surface area contributed by atoms with Crippen molar-refractivity contribution in [1.82, 2.24) is 0 Å². The summed E-state index contributed by atoms with van der Waals surface area (Å²) in [5, 5.41) is 0. The molecule has 0 aliphatic heterocycles. The molecule has 0 amide bonds. The van der Waals surface area contributed by atoms with Crippen molar-refractivity contribution in [3.63, 3.8) is 0 Å². The number of carbonyl (C=O) groups excluding carboxylic acids is 1. The smallest absolute Gasteiger partial charge is 0.330 e. The Hall–Kier alpha value is -2.49. The van der Waals surface area contributed by atoms with E-state index in [0.717, 1.165) is 16.9 Å². The molecule has 0 bridgehead atoms. The third-order valence-electron chi connectivity index (χ3n) is 2.60. The van der Waals surface area contributed by atoms with Gasteiger partial charge in [-0.05, 0) is 36.3 Å². The van der Waals surface area contributed by atoms with Crippen LogP contribution in [0.15, 0.2) is 54.8 Å². The van der Waals surface area contributed by atoms with E-state index >= 15 is 0 Å². The Morgan fingerprint density at radius 3 is 2.43 bits per heavy atom. The largest absolute Gasteiger partial charge is 0.490 e. The van der Waals surface area contributed by atoms with Crippen molar-refractivity contribution in [3.8, 4) is 5.75 Å². The fourth-order valence-corrected chi connectivity index (χ4v) is 1.36. The van der Waals surface area contributed by atoms with Gasteiger partial charge in [-0.2, -0.15) is 0 Å². The fraction of sp³-hybridized carbons (Fsp3) is 0.235. The van der Waals surface area contributed by atoms with Crippen LogP contribution < -0.4 is 4.74 Å². The molecule has 0 aliphatic carbocycles. The van der Waals surface area contributed by atoms with Gasteiger partial charge in [-0.1, -0.05) is 25.3 Å². The molecule has 1 aromatic carbocycles. The maximum Gasteiger partial charge on any atom is 0.330 e. The Labute approximate surface area is 125 Å². The molecule has 112 valence electrons. The van der Waals surface area contributed by atoms with E-state index in [9.17, 15) is 4.79 Å². The molecule has 0 aromatic heterocycles. The lowest BCUT2D eigenvalue weighted by Gasteiger charge is -2.10. The highest BCUT2D eigenvalue weighted by atomic mass is 16.5. The first-order valence-corrected chi connectivity index (χ1v) is 6.49. The summed E-state index contributed by atoms with van der Waals surface area (Å²) in [7, 11) is 1.34. The van der Waals surface area contributed by atoms with E-state index in [1.165, 1.54) is 13.2 Å². The third kappa shape index (κ3) is 6.47. The predicted octanol–water partition coefficient (Wildman–Crippen LogP) is 3.36. The zero-order valence-corrected chi connectivity index (χ0v) is 12.4. The highest BCUT2D eigenvalue weighted by molar-refractivity contribution is 5.86. The molecule has 0 heterocycles. The van der Waals surface area contributed by atoms with Crippen molar-refractivity contribution in [2.75, 3.05) is 20.3 Å². The Bertz CT molecular complexity index is 526. The van der Waals surface area contributed by atoms with Crippen LogP contribution in [0.4, 0.5) is 0 Å². The molecule has 0 fully saturated rings. The standard InChI is InChI=1S/C17H20O4/c1-13(2)14(3)20-11-12-21-16-8-5-15(6-9-16)7-10-17(18)19-4/h5-10H,1,3,11-12H2,2,4H3. The monoisotopic (exact) mass is 288 g/mol. The minimum Gasteiger partial charge on any atom is -0.490 e. The summed E-state index contributed by atoms with van der Waals surface area (Å²) < 4.78 is 15.4. The van der Waals surface area contributed by atoms with E-state index in [0.29, 0.717) is 19.0 Å². The van der Waals surface area contributed by atoms with Crippen molar-refractivity contribution in [3.05, 3.63) is 60.4 Å². The summed E-state index contributed by atoms with van der Waals surface area (Å²) in [6.45, 7) is 10.1. The number of ether oxygens (including phenoxy) is 3. The second kappa shape index (κ2) is 8.64. The SMILES string of the molecule is C=C(C)C(=C)OCCOc1ccc(C=CC(=O)OC)cc1. The number of hydrogen-bond donors (Lipinski definition) is 0. The lowest BCUT2D eigenvalue weighted by atomic mass is 10.2. The van der Waals surface area contributed by atoms with Gasteiger partial charge in [-0.3, -0.25) is 0 Å². The number of allylic oxidation sites excluding steroid dienone is 1. The molecule has 0 radical (unpaired) electrons. The molecule has 0 unspecified atom stereocenters. The van der Waals surface area contributed by atoms with Gasteiger partial charge < -0.3 is 14.2 Å². The molecule has 0 N–H and O–H groups in total. The van der Waals surface area contributed by atoms with Crippen molar-refractivity contribution in [2.45, 2.75) is 6.92 Å². The van der Waals surface area contributed by atoms with Crippen LogP contribution in [0.1, 0.15) is 12.5 Å². The van der Waals surface area contributed by atoms with Gasteiger partial charge in [-0.15, -0.1) is 0 Å². The maximum atomic E-state index is 11.0. The fourth-order valence-electron chi connectivity index (χ4n) is 1.36. The van der Waals surface area contributed by atoms with Gasteiger partial charge in [0, 0.05) is 6.08 Å². The minimum absolute atomic E-state index is 0.384. The minimum atomic E-state index is -0.384. The normalized spacial score (nSPS) is 10.2. The molecule has 0 saturated carbocycles. The molecule has 0 saturated heterocycles. The summed E-state index contributed by atoms with van der Waals surface area (Å²) in [6, 6.07) is 7.35. The lowest BCUT2D eigenvalue weighted by molar-refractivity contribution is -0.134. The van der Waals surface area contributed by atoms with Crippen molar-refractivity contribution in [1.29, 1.82) is 0 Å². The lowest BCUT2D eigenvalue weighted by Crippen LogP contribution is -2.06. The van der Waals surface area contributed by atoms with Gasteiger partial charge in [0.15, 0.2) is 0 Å². The molecular weight excluding hydrogens is 268 g/mol. The molecule has 21 heavy (non-hydrogen) atoms. The zero-order chi connectivity index (χ0) is 15.7. The number of benzene rings is 1. The quantitative estimate of drug-likeness (QED) is 0.242. The molecule has 0 spiro atoms. The highest BCUT2D eigenvalue weighted by Crippen LogP contribution is 2.13. The number of carbonyl (C=O) groups is 1. The average molecular weight is 288 g/mol. The molecule has 4 heteroatoms. The zero-order valence-electron chi connectivity index (χ0n) is 12.4. The van der Waals surface area contributed by atoms with Crippen LogP contribution in [0.3, 0.4) is 0 Å².